The molecule has 1 rings (SSSR count). The number of rotatable bonds is 11. The van der Waals surface area contributed by atoms with Crippen LogP contribution in [-0.2, 0) is 14.2 Å². The van der Waals surface area contributed by atoms with Crippen molar-refractivity contribution in [3.63, 3.8) is 0 Å². The van der Waals surface area contributed by atoms with Gasteiger partial charge >= 0.3 is 0 Å². The molecule has 1 aromatic carbocycles. The fourth-order valence-electron chi connectivity index (χ4n) is 1.45. The van der Waals surface area contributed by atoms with Crippen molar-refractivity contribution in [3.05, 3.63) is 22.8 Å². The topological polar surface area (TPSA) is 36.9 Å². The Labute approximate surface area is 167 Å². The Hall–Kier alpha value is 1.09. The lowest BCUT2D eigenvalue weighted by Gasteiger charge is -2.11. The molecule has 0 unspecified atom stereocenters. The Morgan fingerprint density at radius 2 is 1.24 bits per heavy atom. The molecule has 4 nitrogen and oxygen atoms in total. The summed E-state index contributed by atoms with van der Waals surface area (Å²) >= 11 is 6.90. The summed E-state index contributed by atoms with van der Waals surface area (Å²) in [5, 5.41) is 0. The molecule has 0 amide bonds. The van der Waals surface area contributed by atoms with Crippen LogP contribution in [0.5, 0.6) is 5.75 Å². The van der Waals surface area contributed by atoms with Crippen molar-refractivity contribution in [2.24, 2.45) is 0 Å². The molecule has 0 bridgehead atoms. The zero-order valence-corrected chi connectivity index (χ0v) is 18.3. The summed E-state index contributed by atoms with van der Waals surface area (Å²) in [6, 6.07) is 4.21. The first kappa shape index (κ1) is 20.1. The molecule has 120 valence electrons. The van der Waals surface area contributed by atoms with E-state index in [1.165, 1.54) is 3.57 Å². The zero-order valence-electron chi connectivity index (χ0n) is 11.9. The standard InChI is InChI=1S/C14H19I3O4/c1-2-18-3-4-19-5-6-20-7-8-21-14-12(16)9-11(15)10-13(14)17/h9-10H,2-8H2,1H3. The highest BCUT2D eigenvalue weighted by Crippen LogP contribution is 2.29. The Morgan fingerprint density at radius 1 is 0.762 bits per heavy atom. The lowest BCUT2D eigenvalue weighted by atomic mass is 10.3. The van der Waals surface area contributed by atoms with E-state index in [1.54, 1.807) is 0 Å². The zero-order chi connectivity index (χ0) is 15.5. The first-order valence-electron chi connectivity index (χ1n) is 6.65. The highest BCUT2D eigenvalue weighted by atomic mass is 127. The summed E-state index contributed by atoms with van der Waals surface area (Å²) < 4.78 is 25.2. The van der Waals surface area contributed by atoms with Gasteiger partial charge in [0.1, 0.15) is 12.4 Å². The highest BCUT2D eigenvalue weighted by molar-refractivity contribution is 14.1. The van der Waals surface area contributed by atoms with E-state index < -0.39 is 0 Å². The molecule has 0 saturated heterocycles. The van der Waals surface area contributed by atoms with Gasteiger partial charge in [0.25, 0.3) is 0 Å². The number of ether oxygens (including phenoxy) is 4. The SMILES string of the molecule is CCOCCOCCOCCOc1c(I)cc(I)cc1I. The minimum atomic E-state index is 0.547. The Kier molecular flexibility index (Phi) is 12.0. The van der Waals surface area contributed by atoms with Crippen LogP contribution in [0.25, 0.3) is 0 Å². The van der Waals surface area contributed by atoms with Crippen LogP contribution < -0.4 is 4.74 Å². The van der Waals surface area contributed by atoms with Gasteiger partial charge in [-0.25, -0.2) is 0 Å². The summed E-state index contributed by atoms with van der Waals surface area (Å²) in [5.74, 6) is 0.938. The van der Waals surface area contributed by atoms with Gasteiger partial charge in [0.2, 0.25) is 0 Å². The van der Waals surface area contributed by atoms with Gasteiger partial charge in [-0.3, -0.25) is 0 Å². The lowest BCUT2D eigenvalue weighted by molar-refractivity contribution is 0.0113. The molecule has 1 aromatic rings. The van der Waals surface area contributed by atoms with Crippen molar-refractivity contribution < 1.29 is 18.9 Å². The largest absolute Gasteiger partial charge is 0.489 e. The molecule has 0 saturated carbocycles. The average Bonchev–Trinajstić information content (AvgIpc) is 2.43. The van der Waals surface area contributed by atoms with Crippen LogP contribution in [0.15, 0.2) is 12.1 Å². The van der Waals surface area contributed by atoms with E-state index in [0.717, 1.165) is 19.5 Å². The molecule has 0 spiro atoms. The second kappa shape index (κ2) is 12.5. The van der Waals surface area contributed by atoms with Crippen LogP contribution in [0.3, 0.4) is 0 Å². The maximum absolute atomic E-state index is 5.78. The molecule has 0 atom stereocenters. The molecule has 21 heavy (non-hydrogen) atoms. The average molecular weight is 632 g/mol. The fourth-order valence-corrected chi connectivity index (χ4v) is 5.35. The lowest BCUT2D eigenvalue weighted by Crippen LogP contribution is -2.13. The molecule has 0 N–H and O–H groups in total. The molecule has 0 aliphatic rings. The third kappa shape index (κ3) is 9.08. The summed E-state index contributed by atoms with van der Waals surface area (Å²) in [6.45, 7) is 6.24. The van der Waals surface area contributed by atoms with Crippen molar-refractivity contribution in [2.75, 3.05) is 46.2 Å². The predicted octanol–water partition coefficient (Wildman–Crippen LogP) is 3.95. The third-order valence-corrected chi connectivity index (χ3v) is 4.61. The van der Waals surface area contributed by atoms with Gasteiger partial charge in [0.05, 0.1) is 40.2 Å². The van der Waals surface area contributed by atoms with Crippen molar-refractivity contribution in [1.82, 2.24) is 0 Å². The van der Waals surface area contributed by atoms with E-state index in [-0.39, 0.29) is 0 Å². The predicted molar refractivity (Wildman–Crippen MR) is 108 cm³/mol. The number of hydrogen-bond acceptors (Lipinski definition) is 4. The Balaban J connectivity index is 2.07. The van der Waals surface area contributed by atoms with Gasteiger partial charge in [-0.1, -0.05) is 0 Å². The smallest absolute Gasteiger partial charge is 0.146 e. The van der Waals surface area contributed by atoms with Crippen molar-refractivity contribution in [3.8, 4) is 5.75 Å². The Bertz CT molecular complexity index is 392. The number of halogens is 3. The van der Waals surface area contributed by atoms with E-state index in [1.807, 2.05) is 6.92 Å². The molecule has 0 fully saturated rings. The van der Waals surface area contributed by atoms with Crippen LogP contribution >= 0.6 is 67.8 Å². The van der Waals surface area contributed by atoms with Gasteiger partial charge in [-0.05, 0) is 86.8 Å². The van der Waals surface area contributed by atoms with Gasteiger partial charge in [0, 0.05) is 10.2 Å². The maximum Gasteiger partial charge on any atom is 0.146 e. The summed E-state index contributed by atoms with van der Waals surface area (Å²) in [6.07, 6.45) is 0. The van der Waals surface area contributed by atoms with Crippen LogP contribution in [0.2, 0.25) is 0 Å². The van der Waals surface area contributed by atoms with E-state index >= 15 is 0 Å². The molecule has 0 aromatic heterocycles. The minimum Gasteiger partial charge on any atom is -0.489 e. The molecule has 0 radical (unpaired) electrons. The molecular weight excluding hydrogens is 613 g/mol. The summed E-state index contributed by atoms with van der Waals surface area (Å²) in [7, 11) is 0. The maximum atomic E-state index is 5.78. The van der Waals surface area contributed by atoms with Gasteiger partial charge in [-0.2, -0.15) is 0 Å². The Morgan fingerprint density at radius 3 is 1.76 bits per heavy atom. The van der Waals surface area contributed by atoms with E-state index in [9.17, 15) is 0 Å². The van der Waals surface area contributed by atoms with Gasteiger partial charge in [-0.15, -0.1) is 0 Å². The molecule has 0 aliphatic carbocycles. The highest BCUT2D eigenvalue weighted by Gasteiger charge is 2.07. The normalized spacial score (nSPS) is 10.9. The van der Waals surface area contributed by atoms with Crippen molar-refractivity contribution in [2.45, 2.75) is 6.92 Å². The number of hydrogen-bond donors (Lipinski definition) is 0. The minimum absolute atomic E-state index is 0.547. The summed E-state index contributed by atoms with van der Waals surface area (Å²) in [4.78, 5) is 0. The van der Waals surface area contributed by atoms with Crippen LogP contribution in [0.4, 0.5) is 0 Å². The first-order valence-corrected chi connectivity index (χ1v) is 9.89. The quantitative estimate of drug-likeness (QED) is 0.274. The monoisotopic (exact) mass is 632 g/mol. The second-order valence-electron chi connectivity index (χ2n) is 3.97. The fraction of sp³-hybridized carbons (Fsp3) is 0.571. The van der Waals surface area contributed by atoms with Crippen molar-refractivity contribution in [1.29, 1.82) is 0 Å². The van der Waals surface area contributed by atoms with Crippen molar-refractivity contribution >= 4 is 67.8 Å². The third-order valence-electron chi connectivity index (χ3n) is 2.39. The second-order valence-corrected chi connectivity index (χ2v) is 7.54. The van der Waals surface area contributed by atoms with E-state index in [4.69, 9.17) is 18.9 Å². The molecule has 0 aliphatic heterocycles. The molecule has 7 heteroatoms. The van der Waals surface area contributed by atoms with Gasteiger partial charge in [0.15, 0.2) is 0 Å². The van der Waals surface area contributed by atoms with Crippen LogP contribution in [-0.4, -0.2) is 46.2 Å². The summed E-state index contributed by atoms with van der Waals surface area (Å²) in [5.41, 5.74) is 0. The molecular formula is C14H19I3O4. The number of benzene rings is 1. The van der Waals surface area contributed by atoms with Crippen LogP contribution in [0, 0.1) is 10.7 Å². The van der Waals surface area contributed by atoms with Crippen LogP contribution in [0.1, 0.15) is 6.92 Å². The molecule has 0 heterocycles. The van der Waals surface area contributed by atoms with Gasteiger partial charge < -0.3 is 18.9 Å². The van der Waals surface area contributed by atoms with E-state index in [0.29, 0.717) is 39.6 Å². The first-order chi connectivity index (χ1) is 10.1. The van der Waals surface area contributed by atoms with E-state index in [2.05, 4.69) is 79.9 Å².